The van der Waals surface area contributed by atoms with Gasteiger partial charge in [-0.15, -0.1) is 0 Å². The van der Waals surface area contributed by atoms with Crippen LogP contribution in [0.3, 0.4) is 0 Å². The summed E-state index contributed by atoms with van der Waals surface area (Å²) in [5.41, 5.74) is 7.80. The van der Waals surface area contributed by atoms with Gasteiger partial charge >= 0.3 is 0 Å². The van der Waals surface area contributed by atoms with E-state index in [1.807, 2.05) is 11.0 Å². The summed E-state index contributed by atoms with van der Waals surface area (Å²) in [6.07, 6.45) is 1.59. The standard InChI is InChI=1S/C23H27FN8O3/c24-17-4-3-16(34-13-11-33)14-19(17)31-9-7-30(8-10-31)6-5-26-23-27-21-15-18(20-2-1-12-35-20)29-32(21)22(25)28-23/h1-4,12,14-15,33H,5-11,13H2,(H3,25,26,27,28). The van der Waals surface area contributed by atoms with E-state index < -0.39 is 0 Å². The number of aliphatic hydroxyl groups is 1. The van der Waals surface area contributed by atoms with Crippen LogP contribution in [0.25, 0.3) is 17.1 Å². The van der Waals surface area contributed by atoms with Gasteiger partial charge in [0.1, 0.15) is 23.9 Å². The number of nitrogens with zero attached hydrogens (tertiary/aromatic N) is 6. The van der Waals surface area contributed by atoms with E-state index >= 15 is 0 Å². The number of rotatable bonds is 9. The Morgan fingerprint density at radius 3 is 2.77 bits per heavy atom. The second-order valence-electron chi connectivity index (χ2n) is 8.12. The van der Waals surface area contributed by atoms with Crippen molar-refractivity contribution in [3.05, 3.63) is 48.5 Å². The third-order valence-electron chi connectivity index (χ3n) is 5.82. The molecule has 35 heavy (non-hydrogen) atoms. The van der Waals surface area contributed by atoms with E-state index in [2.05, 4.69) is 25.3 Å². The minimum atomic E-state index is -0.281. The van der Waals surface area contributed by atoms with E-state index in [4.69, 9.17) is 20.0 Å². The normalized spacial score (nSPS) is 14.5. The number of ether oxygens (including phenoxy) is 1. The fourth-order valence-corrected chi connectivity index (χ4v) is 4.06. The smallest absolute Gasteiger partial charge is 0.228 e. The molecule has 12 heteroatoms. The van der Waals surface area contributed by atoms with E-state index in [1.165, 1.54) is 10.6 Å². The SMILES string of the molecule is Nc1nc(NCCN2CCN(c3cc(OCCO)ccc3F)CC2)nc2cc(-c3ccco3)nn12. The number of fused-ring (bicyclic) bond motifs is 1. The van der Waals surface area contributed by atoms with Gasteiger partial charge in [0.15, 0.2) is 11.4 Å². The number of nitrogens with one attached hydrogen (secondary N) is 1. The lowest BCUT2D eigenvalue weighted by Gasteiger charge is -2.36. The maximum Gasteiger partial charge on any atom is 0.228 e. The molecule has 0 spiro atoms. The predicted octanol–water partition coefficient (Wildman–Crippen LogP) is 1.71. The molecule has 0 bridgehead atoms. The molecule has 0 aliphatic carbocycles. The molecule has 184 valence electrons. The lowest BCUT2D eigenvalue weighted by atomic mass is 10.2. The number of halogens is 1. The van der Waals surface area contributed by atoms with Crippen LogP contribution in [0, 0.1) is 5.82 Å². The Morgan fingerprint density at radius 1 is 1.14 bits per heavy atom. The maximum absolute atomic E-state index is 14.4. The minimum Gasteiger partial charge on any atom is -0.491 e. The summed E-state index contributed by atoms with van der Waals surface area (Å²) in [7, 11) is 0. The quantitative estimate of drug-likeness (QED) is 0.324. The van der Waals surface area contributed by atoms with Gasteiger partial charge in [-0.1, -0.05) is 0 Å². The van der Waals surface area contributed by atoms with Crippen molar-refractivity contribution in [2.45, 2.75) is 0 Å². The third-order valence-corrected chi connectivity index (χ3v) is 5.82. The molecule has 0 amide bonds. The first-order valence-electron chi connectivity index (χ1n) is 11.4. The zero-order valence-corrected chi connectivity index (χ0v) is 19.1. The van der Waals surface area contributed by atoms with Crippen LogP contribution in [-0.4, -0.2) is 82.1 Å². The Morgan fingerprint density at radius 2 is 2.00 bits per heavy atom. The summed E-state index contributed by atoms with van der Waals surface area (Å²) < 4.78 is 26.7. The van der Waals surface area contributed by atoms with Crippen molar-refractivity contribution >= 4 is 23.2 Å². The Labute approximate surface area is 200 Å². The molecule has 11 nitrogen and oxygen atoms in total. The van der Waals surface area contributed by atoms with E-state index in [1.54, 1.807) is 30.5 Å². The zero-order valence-electron chi connectivity index (χ0n) is 19.1. The van der Waals surface area contributed by atoms with Crippen LogP contribution in [0.5, 0.6) is 5.75 Å². The summed E-state index contributed by atoms with van der Waals surface area (Å²) in [5, 5.41) is 16.6. The number of nitrogen functional groups attached to an aromatic ring is 1. The number of hydrogen-bond donors (Lipinski definition) is 3. The number of nitrogens with two attached hydrogens (primary N) is 1. The molecule has 3 aromatic heterocycles. The van der Waals surface area contributed by atoms with Crippen molar-refractivity contribution in [3.63, 3.8) is 0 Å². The van der Waals surface area contributed by atoms with Crippen LogP contribution in [0.1, 0.15) is 0 Å². The minimum absolute atomic E-state index is 0.0840. The second-order valence-corrected chi connectivity index (χ2v) is 8.12. The van der Waals surface area contributed by atoms with Gasteiger partial charge in [-0.25, -0.2) is 4.39 Å². The molecule has 1 aliphatic rings. The van der Waals surface area contributed by atoms with Crippen molar-refractivity contribution in [3.8, 4) is 17.2 Å². The van der Waals surface area contributed by atoms with Crippen molar-refractivity contribution in [2.24, 2.45) is 0 Å². The Bertz CT molecular complexity index is 1270. The van der Waals surface area contributed by atoms with Gasteiger partial charge < -0.3 is 30.2 Å². The summed E-state index contributed by atoms with van der Waals surface area (Å²) in [5.74, 6) is 1.56. The highest BCUT2D eigenvalue weighted by molar-refractivity contribution is 5.61. The van der Waals surface area contributed by atoms with Crippen molar-refractivity contribution in [1.29, 1.82) is 0 Å². The van der Waals surface area contributed by atoms with Gasteiger partial charge in [0.25, 0.3) is 0 Å². The molecule has 1 aliphatic heterocycles. The average molecular weight is 483 g/mol. The first-order valence-corrected chi connectivity index (χ1v) is 11.4. The highest BCUT2D eigenvalue weighted by Gasteiger charge is 2.20. The number of anilines is 3. The van der Waals surface area contributed by atoms with Gasteiger partial charge in [-0.2, -0.15) is 19.6 Å². The van der Waals surface area contributed by atoms with Crippen LogP contribution in [0.2, 0.25) is 0 Å². The molecule has 1 saturated heterocycles. The van der Waals surface area contributed by atoms with Crippen LogP contribution in [-0.2, 0) is 0 Å². The number of piperazine rings is 1. The summed E-state index contributed by atoms with van der Waals surface area (Å²) in [6.45, 7) is 4.48. The Balaban J connectivity index is 1.14. The van der Waals surface area contributed by atoms with Crippen molar-refractivity contribution in [2.75, 3.05) is 68.4 Å². The van der Waals surface area contributed by atoms with Crippen LogP contribution >= 0.6 is 0 Å². The van der Waals surface area contributed by atoms with Gasteiger partial charge in [0.05, 0.1) is 18.6 Å². The van der Waals surface area contributed by atoms with Gasteiger partial charge in [0, 0.05) is 51.4 Å². The number of benzene rings is 1. The third kappa shape index (κ3) is 5.12. The predicted molar refractivity (Wildman–Crippen MR) is 129 cm³/mol. The molecule has 0 radical (unpaired) electrons. The molecule has 5 rings (SSSR count). The Kier molecular flexibility index (Phi) is 6.64. The zero-order chi connectivity index (χ0) is 24.2. The van der Waals surface area contributed by atoms with E-state index in [0.29, 0.717) is 54.1 Å². The van der Waals surface area contributed by atoms with E-state index in [9.17, 15) is 4.39 Å². The topological polar surface area (TPSA) is 130 Å². The monoisotopic (exact) mass is 482 g/mol. The number of aliphatic hydroxyl groups excluding tert-OH is 1. The Hall–Kier alpha value is -3.90. The maximum atomic E-state index is 14.4. The van der Waals surface area contributed by atoms with E-state index in [0.717, 1.165) is 19.6 Å². The molecule has 1 aromatic carbocycles. The molecule has 0 saturated carbocycles. The molecule has 4 heterocycles. The molecular formula is C23H27FN8O3. The first-order chi connectivity index (χ1) is 17.1. The van der Waals surface area contributed by atoms with Gasteiger partial charge in [0.2, 0.25) is 11.9 Å². The summed E-state index contributed by atoms with van der Waals surface area (Å²) >= 11 is 0. The van der Waals surface area contributed by atoms with Crippen molar-refractivity contribution in [1.82, 2.24) is 24.5 Å². The summed E-state index contributed by atoms with van der Waals surface area (Å²) in [6, 6.07) is 10.1. The van der Waals surface area contributed by atoms with Crippen molar-refractivity contribution < 1.29 is 18.7 Å². The van der Waals surface area contributed by atoms with Gasteiger partial charge in [-0.05, 0) is 24.3 Å². The number of aromatic nitrogens is 4. The van der Waals surface area contributed by atoms with Crippen LogP contribution in [0.4, 0.5) is 22.0 Å². The highest BCUT2D eigenvalue weighted by Crippen LogP contribution is 2.26. The molecule has 1 fully saturated rings. The molecular weight excluding hydrogens is 455 g/mol. The molecule has 0 unspecified atom stereocenters. The van der Waals surface area contributed by atoms with Crippen LogP contribution in [0.15, 0.2) is 47.1 Å². The second kappa shape index (κ2) is 10.2. The summed E-state index contributed by atoms with van der Waals surface area (Å²) in [4.78, 5) is 13.1. The lowest BCUT2D eigenvalue weighted by Crippen LogP contribution is -2.48. The molecule has 4 N–H and O–H groups in total. The number of hydrogen-bond acceptors (Lipinski definition) is 10. The first kappa shape index (κ1) is 22.9. The fraction of sp³-hybridized carbons (Fsp3) is 0.348. The lowest BCUT2D eigenvalue weighted by molar-refractivity contribution is 0.201. The fourth-order valence-electron chi connectivity index (χ4n) is 4.06. The average Bonchev–Trinajstić information content (AvgIpc) is 3.55. The van der Waals surface area contributed by atoms with E-state index in [-0.39, 0.29) is 25.0 Å². The largest absolute Gasteiger partial charge is 0.491 e. The van der Waals surface area contributed by atoms with Crippen LogP contribution < -0.4 is 20.7 Å². The number of furan rings is 1. The molecule has 4 aromatic rings. The van der Waals surface area contributed by atoms with Gasteiger partial charge in [-0.3, -0.25) is 4.90 Å². The molecule has 0 atom stereocenters. The highest BCUT2D eigenvalue weighted by atomic mass is 19.1.